The summed E-state index contributed by atoms with van der Waals surface area (Å²) in [6.45, 7) is 0. The fraction of sp³-hybridized carbons (Fsp3) is 0. The van der Waals surface area contributed by atoms with Crippen LogP contribution >= 0.6 is 11.3 Å². The summed E-state index contributed by atoms with van der Waals surface area (Å²) in [5.41, 5.74) is 10.5. The van der Waals surface area contributed by atoms with Gasteiger partial charge in [-0.25, -0.2) is 9.97 Å². The van der Waals surface area contributed by atoms with Gasteiger partial charge in [0.15, 0.2) is 5.82 Å². The number of fused-ring (bicyclic) bond motifs is 8. The fourth-order valence-electron chi connectivity index (χ4n) is 7.05. The molecule has 48 heavy (non-hydrogen) atoms. The largest absolute Gasteiger partial charge is 0.455 e. The first-order valence-corrected chi connectivity index (χ1v) is 16.9. The summed E-state index contributed by atoms with van der Waals surface area (Å²) in [4.78, 5) is 10.5. The van der Waals surface area contributed by atoms with Gasteiger partial charge in [0.2, 0.25) is 0 Å². The molecule has 0 radical (unpaired) electrons. The van der Waals surface area contributed by atoms with E-state index >= 15 is 0 Å². The predicted molar refractivity (Wildman–Crippen MR) is 201 cm³/mol. The molecule has 0 N–H and O–H groups in total. The van der Waals surface area contributed by atoms with Crippen molar-refractivity contribution in [2.75, 3.05) is 0 Å². The zero-order valence-corrected chi connectivity index (χ0v) is 26.5. The summed E-state index contributed by atoms with van der Waals surface area (Å²) in [5.74, 6) is 0.724. The molecule has 0 saturated carbocycles. The Kier molecular flexibility index (Phi) is 6.05. The van der Waals surface area contributed by atoms with Crippen LogP contribution in [0.4, 0.5) is 0 Å². The van der Waals surface area contributed by atoms with Gasteiger partial charge in [0.1, 0.15) is 11.2 Å². The van der Waals surface area contributed by atoms with Crippen molar-refractivity contribution in [3.05, 3.63) is 158 Å². The maximum absolute atomic E-state index is 6.71. The highest BCUT2D eigenvalue weighted by atomic mass is 32.1. The molecule has 0 saturated heterocycles. The summed E-state index contributed by atoms with van der Waals surface area (Å²) in [6.07, 6.45) is 0. The van der Waals surface area contributed by atoms with E-state index in [0.717, 1.165) is 82.1 Å². The molecule has 0 spiro atoms. The van der Waals surface area contributed by atoms with Crippen LogP contribution in [0.25, 0.3) is 97.9 Å². The molecule has 0 aliphatic rings. The Morgan fingerprint density at radius 2 is 1.10 bits per heavy atom. The third kappa shape index (κ3) is 4.20. The van der Waals surface area contributed by atoms with Gasteiger partial charge >= 0.3 is 0 Å². The number of rotatable bonds is 4. The predicted octanol–water partition coefficient (Wildman–Crippen LogP) is 12.6. The molecule has 0 unspecified atom stereocenters. The van der Waals surface area contributed by atoms with E-state index in [1.54, 1.807) is 11.3 Å². The summed E-state index contributed by atoms with van der Waals surface area (Å²) >= 11 is 1.76. The lowest BCUT2D eigenvalue weighted by Crippen LogP contribution is -1.94. The number of hydrogen-bond acceptors (Lipinski definition) is 4. The van der Waals surface area contributed by atoms with Crippen LogP contribution in [-0.2, 0) is 0 Å². The number of nitrogens with zero attached hydrogens (tertiary/aromatic N) is 2. The maximum Gasteiger partial charge on any atom is 0.160 e. The Morgan fingerprint density at radius 3 is 1.90 bits per heavy atom. The number of benzene rings is 7. The van der Waals surface area contributed by atoms with Crippen molar-refractivity contribution < 1.29 is 4.42 Å². The van der Waals surface area contributed by atoms with Crippen LogP contribution in [0.2, 0.25) is 0 Å². The zero-order chi connectivity index (χ0) is 31.6. The Labute approximate surface area is 280 Å². The van der Waals surface area contributed by atoms with E-state index in [9.17, 15) is 0 Å². The van der Waals surface area contributed by atoms with Gasteiger partial charge in [0.25, 0.3) is 0 Å². The molecule has 0 atom stereocenters. The van der Waals surface area contributed by atoms with Gasteiger partial charge in [-0.2, -0.15) is 0 Å². The number of aromatic nitrogens is 2. The van der Waals surface area contributed by atoms with E-state index in [1.807, 2.05) is 18.2 Å². The summed E-state index contributed by atoms with van der Waals surface area (Å²) in [7, 11) is 0. The third-order valence-electron chi connectivity index (χ3n) is 9.31. The molecular formula is C44H26N2OS. The van der Waals surface area contributed by atoms with Gasteiger partial charge in [-0.3, -0.25) is 0 Å². The van der Waals surface area contributed by atoms with Crippen LogP contribution in [0, 0.1) is 0 Å². The molecule has 4 heteroatoms. The standard InChI is InChI=1S/C44H26N2OS/c1-3-12-27(13-4-1)28-22-24-29(25-23-28)31-19-11-20-37-39(31)36-26-35(32-16-7-8-17-33(32)42(36)47-37)41-43-40(34-18-9-10-21-38(34)48-43)45-44(46-41)30-14-5-2-6-15-30/h1-26H. The fourth-order valence-corrected chi connectivity index (χ4v) is 8.19. The molecule has 10 aromatic rings. The van der Waals surface area contributed by atoms with Crippen LogP contribution in [0.1, 0.15) is 0 Å². The van der Waals surface area contributed by atoms with E-state index in [-0.39, 0.29) is 0 Å². The van der Waals surface area contributed by atoms with Crippen molar-refractivity contribution in [2.24, 2.45) is 0 Å². The second-order valence-electron chi connectivity index (χ2n) is 12.1. The van der Waals surface area contributed by atoms with Gasteiger partial charge in [-0.15, -0.1) is 11.3 Å². The first-order chi connectivity index (χ1) is 23.8. The van der Waals surface area contributed by atoms with Gasteiger partial charge < -0.3 is 4.42 Å². The monoisotopic (exact) mass is 630 g/mol. The lowest BCUT2D eigenvalue weighted by Gasteiger charge is -2.11. The SMILES string of the molecule is c1ccc(-c2ccc(-c3cccc4oc5c6ccccc6c(-c6nc(-c7ccccc7)nc7c6sc6ccccc67)cc5c34)cc2)cc1. The van der Waals surface area contributed by atoms with E-state index in [4.69, 9.17) is 14.4 Å². The van der Waals surface area contributed by atoms with Gasteiger partial charge in [-0.1, -0.05) is 140 Å². The number of thiophene rings is 1. The van der Waals surface area contributed by atoms with Gasteiger partial charge in [0, 0.05) is 37.4 Å². The van der Waals surface area contributed by atoms with Crippen molar-refractivity contribution >= 4 is 64.4 Å². The normalized spacial score (nSPS) is 11.8. The van der Waals surface area contributed by atoms with Crippen LogP contribution in [0.5, 0.6) is 0 Å². The number of hydrogen-bond donors (Lipinski definition) is 0. The topological polar surface area (TPSA) is 38.9 Å². The molecule has 0 amide bonds. The Morgan fingerprint density at radius 1 is 0.458 bits per heavy atom. The molecule has 3 nitrogen and oxygen atoms in total. The average Bonchev–Trinajstić information content (AvgIpc) is 3.74. The lowest BCUT2D eigenvalue weighted by molar-refractivity contribution is 0.673. The molecule has 0 fully saturated rings. The molecule has 224 valence electrons. The quantitative estimate of drug-likeness (QED) is 0.194. The smallest absolute Gasteiger partial charge is 0.160 e. The molecule has 10 rings (SSSR count). The highest BCUT2D eigenvalue weighted by Gasteiger charge is 2.22. The van der Waals surface area contributed by atoms with Crippen LogP contribution in [0.15, 0.2) is 162 Å². The second kappa shape index (κ2) is 10.7. The molecule has 0 bridgehead atoms. The third-order valence-corrected chi connectivity index (χ3v) is 10.5. The van der Waals surface area contributed by atoms with E-state index in [0.29, 0.717) is 0 Å². The van der Waals surface area contributed by atoms with E-state index < -0.39 is 0 Å². The molecule has 0 aliphatic heterocycles. The average molecular weight is 631 g/mol. The zero-order valence-electron chi connectivity index (χ0n) is 25.7. The number of furan rings is 1. The van der Waals surface area contributed by atoms with Crippen LogP contribution in [0.3, 0.4) is 0 Å². The Hall–Kier alpha value is -6.10. The van der Waals surface area contributed by atoms with Crippen molar-refractivity contribution in [3.63, 3.8) is 0 Å². The first-order valence-electron chi connectivity index (χ1n) is 16.1. The van der Waals surface area contributed by atoms with E-state index in [2.05, 4.69) is 140 Å². The highest BCUT2D eigenvalue weighted by Crippen LogP contribution is 2.46. The van der Waals surface area contributed by atoms with Crippen molar-refractivity contribution in [2.45, 2.75) is 0 Å². The maximum atomic E-state index is 6.71. The minimum Gasteiger partial charge on any atom is -0.455 e. The molecular weight excluding hydrogens is 605 g/mol. The van der Waals surface area contributed by atoms with Crippen LogP contribution < -0.4 is 0 Å². The molecule has 3 aromatic heterocycles. The van der Waals surface area contributed by atoms with Crippen molar-refractivity contribution in [1.82, 2.24) is 9.97 Å². The molecule has 3 heterocycles. The van der Waals surface area contributed by atoms with Gasteiger partial charge in [0.05, 0.1) is 15.9 Å². The summed E-state index contributed by atoms with van der Waals surface area (Å²) < 4.78 is 9.00. The minimum absolute atomic E-state index is 0.724. The Balaban J connectivity index is 1.27. The van der Waals surface area contributed by atoms with Crippen LogP contribution in [-0.4, -0.2) is 9.97 Å². The van der Waals surface area contributed by atoms with Crippen molar-refractivity contribution in [1.29, 1.82) is 0 Å². The lowest BCUT2D eigenvalue weighted by atomic mass is 9.94. The Bertz CT molecular complexity index is 2820. The van der Waals surface area contributed by atoms with Crippen molar-refractivity contribution in [3.8, 4) is 44.9 Å². The summed E-state index contributed by atoms with van der Waals surface area (Å²) in [5, 5.41) is 5.51. The summed E-state index contributed by atoms with van der Waals surface area (Å²) in [6, 6.07) is 55.4. The molecule has 0 aliphatic carbocycles. The van der Waals surface area contributed by atoms with E-state index in [1.165, 1.54) is 15.8 Å². The molecule has 7 aromatic carbocycles. The van der Waals surface area contributed by atoms with Gasteiger partial charge in [-0.05, 0) is 45.8 Å². The second-order valence-corrected chi connectivity index (χ2v) is 13.2. The minimum atomic E-state index is 0.724. The first kappa shape index (κ1) is 27.1. The highest BCUT2D eigenvalue weighted by molar-refractivity contribution is 7.26.